The van der Waals surface area contributed by atoms with Crippen molar-refractivity contribution in [2.45, 2.75) is 31.2 Å². The first-order chi connectivity index (χ1) is 4.68. The molecule has 58 valence electrons. The van der Waals surface area contributed by atoms with E-state index >= 15 is 0 Å². The van der Waals surface area contributed by atoms with E-state index < -0.39 is 0 Å². The van der Waals surface area contributed by atoms with Gasteiger partial charge in [0.05, 0.1) is 11.7 Å². The molecule has 1 saturated carbocycles. The van der Waals surface area contributed by atoms with E-state index in [1.54, 1.807) is 0 Å². The van der Waals surface area contributed by atoms with Crippen LogP contribution in [0.1, 0.15) is 13.3 Å². The quantitative estimate of drug-likeness (QED) is 0.488. The first-order valence-electron chi connectivity index (χ1n) is 3.65. The topological polar surface area (TPSA) is 53.0 Å². The summed E-state index contributed by atoms with van der Waals surface area (Å²) in [6.07, 6.45) is 0.351. The molecule has 2 aliphatic rings. The Morgan fingerprint density at radius 3 is 2.60 bits per heavy atom. The summed E-state index contributed by atoms with van der Waals surface area (Å²) in [5.41, 5.74) is -0.200. The van der Waals surface area contributed by atoms with E-state index in [2.05, 4.69) is 0 Å². The normalized spacial score (nSPS) is 58.5. The highest BCUT2D eigenvalue weighted by Crippen LogP contribution is 2.53. The number of ether oxygens (including phenoxy) is 1. The van der Waals surface area contributed by atoms with Crippen molar-refractivity contribution < 1.29 is 14.9 Å². The van der Waals surface area contributed by atoms with Crippen LogP contribution in [-0.2, 0) is 4.74 Å². The maximum atomic E-state index is 9.27. The number of hydrogen-bond donors (Lipinski definition) is 2. The third-order valence-corrected chi connectivity index (χ3v) is 2.80. The summed E-state index contributed by atoms with van der Waals surface area (Å²) in [5, 5.41) is 18.1. The second-order valence-electron chi connectivity index (χ2n) is 3.40. The van der Waals surface area contributed by atoms with Gasteiger partial charge in [-0.1, -0.05) is 0 Å². The van der Waals surface area contributed by atoms with Gasteiger partial charge in [0.25, 0.3) is 0 Å². The molecule has 1 aliphatic carbocycles. The van der Waals surface area contributed by atoms with Gasteiger partial charge in [-0.15, -0.1) is 0 Å². The molecule has 4 atom stereocenters. The third kappa shape index (κ3) is 0.603. The van der Waals surface area contributed by atoms with Crippen LogP contribution in [0, 0.1) is 5.92 Å². The summed E-state index contributed by atoms with van der Waals surface area (Å²) in [6, 6.07) is 0. The highest BCUT2D eigenvalue weighted by atomic mass is 16.6. The lowest BCUT2D eigenvalue weighted by molar-refractivity contribution is 0.0634. The van der Waals surface area contributed by atoms with Gasteiger partial charge in [-0.2, -0.15) is 0 Å². The average Bonchev–Trinajstić information content (AvgIpc) is 2.52. The number of aliphatic hydroxyl groups is 2. The molecule has 2 fully saturated rings. The third-order valence-electron chi connectivity index (χ3n) is 2.80. The molecule has 0 bridgehead atoms. The highest BCUT2D eigenvalue weighted by Gasteiger charge is 2.65. The molecule has 3 nitrogen and oxygen atoms in total. The summed E-state index contributed by atoms with van der Waals surface area (Å²) in [7, 11) is 0. The molecule has 0 radical (unpaired) electrons. The molecular weight excluding hydrogens is 132 g/mol. The standard InChI is InChI=1S/C7H12O3/c1-7-4(3-8)2-5(9)6(7)10-7/h4-6,8-9H,2-3H2,1H3/t4-,5-,6+,7-/m1/s1. The van der Waals surface area contributed by atoms with Gasteiger partial charge in [-0.05, 0) is 13.3 Å². The Labute approximate surface area is 59.6 Å². The van der Waals surface area contributed by atoms with Gasteiger partial charge in [0, 0.05) is 12.5 Å². The fraction of sp³-hybridized carbons (Fsp3) is 1.00. The van der Waals surface area contributed by atoms with E-state index in [0.717, 1.165) is 0 Å². The molecular formula is C7H12O3. The van der Waals surface area contributed by atoms with Crippen LogP contribution < -0.4 is 0 Å². The smallest absolute Gasteiger partial charge is 0.113 e. The first-order valence-corrected chi connectivity index (χ1v) is 3.65. The van der Waals surface area contributed by atoms with Gasteiger partial charge in [0.15, 0.2) is 0 Å². The minimum Gasteiger partial charge on any atom is -0.396 e. The summed E-state index contributed by atoms with van der Waals surface area (Å²) >= 11 is 0. The van der Waals surface area contributed by atoms with Crippen molar-refractivity contribution in [1.82, 2.24) is 0 Å². The van der Waals surface area contributed by atoms with Gasteiger partial charge in [-0.25, -0.2) is 0 Å². The number of aliphatic hydroxyl groups excluding tert-OH is 2. The Balaban J connectivity index is 2.12. The average molecular weight is 144 g/mol. The van der Waals surface area contributed by atoms with Crippen LogP contribution in [0.3, 0.4) is 0 Å². The minimum absolute atomic E-state index is 0.00431. The first kappa shape index (κ1) is 6.58. The molecule has 0 spiro atoms. The zero-order valence-corrected chi connectivity index (χ0v) is 5.95. The van der Waals surface area contributed by atoms with E-state index in [0.29, 0.717) is 6.42 Å². The molecule has 1 saturated heterocycles. The van der Waals surface area contributed by atoms with Gasteiger partial charge < -0.3 is 14.9 Å². The van der Waals surface area contributed by atoms with Gasteiger partial charge >= 0.3 is 0 Å². The van der Waals surface area contributed by atoms with Crippen LogP contribution >= 0.6 is 0 Å². The predicted octanol–water partition coefficient (Wildman–Crippen LogP) is -0.483. The van der Waals surface area contributed by atoms with Crippen LogP contribution in [0.25, 0.3) is 0 Å². The van der Waals surface area contributed by atoms with Crippen molar-refractivity contribution in [2.75, 3.05) is 6.61 Å². The van der Waals surface area contributed by atoms with E-state index in [9.17, 15) is 5.11 Å². The molecule has 2 N–H and O–H groups in total. The van der Waals surface area contributed by atoms with Crippen molar-refractivity contribution in [3.05, 3.63) is 0 Å². The van der Waals surface area contributed by atoms with Crippen LogP contribution in [0.15, 0.2) is 0 Å². The van der Waals surface area contributed by atoms with Gasteiger partial charge in [-0.3, -0.25) is 0 Å². The molecule has 1 heterocycles. The van der Waals surface area contributed by atoms with Crippen molar-refractivity contribution in [3.63, 3.8) is 0 Å². The summed E-state index contributed by atoms with van der Waals surface area (Å²) < 4.78 is 5.25. The van der Waals surface area contributed by atoms with E-state index in [-0.39, 0.29) is 30.3 Å². The maximum Gasteiger partial charge on any atom is 0.113 e. The molecule has 0 amide bonds. The van der Waals surface area contributed by atoms with Gasteiger partial charge in [0.1, 0.15) is 6.10 Å². The van der Waals surface area contributed by atoms with E-state index in [1.807, 2.05) is 6.92 Å². The second kappa shape index (κ2) is 1.72. The van der Waals surface area contributed by atoms with Crippen LogP contribution in [0.2, 0.25) is 0 Å². The molecule has 1 aliphatic heterocycles. The Morgan fingerprint density at radius 2 is 2.40 bits per heavy atom. The molecule has 0 aromatic carbocycles. The van der Waals surface area contributed by atoms with Gasteiger partial charge in [0.2, 0.25) is 0 Å². The zero-order valence-electron chi connectivity index (χ0n) is 5.95. The number of fused-ring (bicyclic) bond motifs is 1. The van der Waals surface area contributed by atoms with Crippen LogP contribution in [0.4, 0.5) is 0 Å². The lowest BCUT2D eigenvalue weighted by Crippen LogP contribution is -2.20. The van der Waals surface area contributed by atoms with Crippen LogP contribution in [-0.4, -0.2) is 34.6 Å². The highest BCUT2D eigenvalue weighted by molar-refractivity contribution is 5.13. The van der Waals surface area contributed by atoms with Crippen LogP contribution in [0.5, 0.6) is 0 Å². The lowest BCUT2D eigenvalue weighted by Gasteiger charge is -2.13. The Morgan fingerprint density at radius 1 is 1.70 bits per heavy atom. The SMILES string of the molecule is C[C@]12O[C@H]1[C@H](O)C[C@@H]2CO. The number of epoxide rings is 1. The van der Waals surface area contributed by atoms with E-state index in [4.69, 9.17) is 9.84 Å². The predicted molar refractivity (Wildman–Crippen MR) is 34.5 cm³/mol. The lowest BCUT2D eigenvalue weighted by atomic mass is 9.98. The van der Waals surface area contributed by atoms with Crippen molar-refractivity contribution in [3.8, 4) is 0 Å². The largest absolute Gasteiger partial charge is 0.396 e. The Kier molecular flexibility index (Phi) is 1.14. The zero-order chi connectivity index (χ0) is 7.35. The number of rotatable bonds is 1. The molecule has 3 heteroatoms. The Hall–Kier alpha value is -0.120. The summed E-state index contributed by atoms with van der Waals surface area (Å²) in [5.74, 6) is 0.146. The summed E-state index contributed by atoms with van der Waals surface area (Å²) in [4.78, 5) is 0. The molecule has 2 rings (SSSR count). The molecule has 10 heavy (non-hydrogen) atoms. The number of hydrogen-bond acceptors (Lipinski definition) is 3. The maximum absolute atomic E-state index is 9.27. The fourth-order valence-electron chi connectivity index (χ4n) is 1.93. The van der Waals surface area contributed by atoms with E-state index in [1.165, 1.54) is 0 Å². The monoisotopic (exact) mass is 144 g/mol. The van der Waals surface area contributed by atoms with Crippen molar-refractivity contribution in [1.29, 1.82) is 0 Å². The molecule has 0 aromatic rings. The molecule has 0 aromatic heterocycles. The molecule has 0 unspecified atom stereocenters. The minimum atomic E-state index is -0.345. The second-order valence-corrected chi connectivity index (χ2v) is 3.40. The Bertz CT molecular complexity index is 159. The van der Waals surface area contributed by atoms with Crippen molar-refractivity contribution in [2.24, 2.45) is 5.92 Å². The van der Waals surface area contributed by atoms with Crippen molar-refractivity contribution >= 4 is 0 Å². The fourth-order valence-corrected chi connectivity index (χ4v) is 1.93. The summed E-state index contributed by atoms with van der Waals surface area (Å²) in [6.45, 7) is 2.08.